The summed E-state index contributed by atoms with van der Waals surface area (Å²) in [6, 6.07) is 23.1. The Balaban J connectivity index is 1.04. The van der Waals surface area contributed by atoms with Crippen LogP contribution in [0.15, 0.2) is 107 Å². The van der Waals surface area contributed by atoms with E-state index in [2.05, 4.69) is 21.1 Å². The predicted octanol–water partition coefficient (Wildman–Crippen LogP) is 6.66. The molecule has 16 nitrogen and oxygen atoms in total. The second kappa shape index (κ2) is 20.7. The molecule has 0 radical (unpaired) electrons. The molecule has 54 heavy (non-hydrogen) atoms. The number of nitro groups is 2. The normalized spacial score (nSPS) is 10.9. The minimum Gasteiger partial charge on any atom is -0.423 e. The fraction of sp³-hybridized carbons (Fsp3) is 0.211. The standard InChI is InChI=1S/C38H36N6O10/c45-35(41-39-25-27-9-7-11-33(23-27)53-37(47)29-15-19-31(20-16-29)43(49)50)13-5-3-1-2-4-6-14-36(46)42-40-26-28-10-8-12-34(24-28)54-38(48)30-17-21-32(22-18-30)44(51)52/h7-12,15-26H,1-6,13-14H2,(H,41,45)(H,42,46). The van der Waals surface area contributed by atoms with Gasteiger partial charge in [0.1, 0.15) is 11.5 Å². The minimum absolute atomic E-state index is 0.136. The summed E-state index contributed by atoms with van der Waals surface area (Å²) in [4.78, 5) is 69.5. The fourth-order valence-electron chi connectivity index (χ4n) is 4.83. The van der Waals surface area contributed by atoms with Crippen molar-refractivity contribution in [2.24, 2.45) is 10.2 Å². The van der Waals surface area contributed by atoms with Crippen LogP contribution in [0.3, 0.4) is 0 Å². The second-order valence-corrected chi connectivity index (χ2v) is 11.7. The zero-order chi connectivity index (χ0) is 38.7. The van der Waals surface area contributed by atoms with Gasteiger partial charge in [0.2, 0.25) is 11.8 Å². The van der Waals surface area contributed by atoms with E-state index < -0.39 is 21.8 Å². The number of nitrogens with zero attached hydrogens (tertiary/aromatic N) is 4. The van der Waals surface area contributed by atoms with Crippen molar-refractivity contribution in [3.63, 3.8) is 0 Å². The molecule has 4 aromatic rings. The van der Waals surface area contributed by atoms with Crippen molar-refractivity contribution in [2.45, 2.75) is 51.4 Å². The summed E-state index contributed by atoms with van der Waals surface area (Å²) in [7, 11) is 0. The summed E-state index contributed by atoms with van der Waals surface area (Å²) in [6.45, 7) is 0. The Bertz CT molecular complexity index is 1870. The third-order valence-electron chi connectivity index (χ3n) is 7.63. The van der Waals surface area contributed by atoms with E-state index in [-0.39, 0.29) is 45.8 Å². The van der Waals surface area contributed by atoms with Gasteiger partial charge in [0.25, 0.3) is 11.4 Å². The molecule has 4 rings (SSSR count). The van der Waals surface area contributed by atoms with Crippen LogP contribution in [-0.4, -0.2) is 46.0 Å². The lowest BCUT2D eigenvalue weighted by Crippen LogP contribution is -2.17. The Morgan fingerprint density at radius 3 is 1.30 bits per heavy atom. The largest absolute Gasteiger partial charge is 0.423 e. The van der Waals surface area contributed by atoms with Crippen molar-refractivity contribution in [1.29, 1.82) is 0 Å². The molecule has 0 bridgehead atoms. The molecule has 0 aromatic heterocycles. The van der Waals surface area contributed by atoms with Crippen LogP contribution < -0.4 is 20.3 Å². The van der Waals surface area contributed by atoms with Gasteiger partial charge in [0.05, 0.1) is 33.4 Å². The van der Waals surface area contributed by atoms with Crippen molar-refractivity contribution < 1.29 is 38.5 Å². The molecule has 2 amide bonds. The summed E-state index contributed by atoms with van der Waals surface area (Å²) in [5.41, 5.74) is 6.17. The van der Waals surface area contributed by atoms with E-state index in [4.69, 9.17) is 9.47 Å². The highest BCUT2D eigenvalue weighted by atomic mass is 16.6. The number of benzene rings is 4. The lowest BCUT2D eigenvalue weighted by atomic mass is 10.1. The van der Waals surface area contributed by atoms with E-state index in [1.54, 1.807) is 48.5 Å². The number of rotatable bonds is 19. The van der Waals surface area contributed by atoms with Gasteiger partial charge in [-0.1, -0.05) is 49.9 Å². The van der Waals surface area contributed by atoms with Crippen LogP contribution in [-0.2, 0) is 9.59 Å². The van der Waals surface area contributed by atoms with Gasteiger partial charge < -0.3 is 9.47 Å². The summed E-state index contributed by atoms with van der Waals surface area (Å²) in [5.74, 6) is -1.33. The summed E-state index contributed by atoms with van der Waals surface area (Å²) >= 11 is 0. The molecular formula is C38H36N6O10. The Morgan fingerprint density at radius 1 is 0.556 bits per heavy atom. The van der Waals surface area contributed by atoms with E-state index in [1.165, 1.54) is 61.0 Å². The average Bonchev–Trinajstić information content (AvgIpc) is 3.16. The van der Waals surface area contributed by atoms with Gasteiger partial charge in [-0.05, 0) is 72.5 Å². The molecular weight excluding hydrogens is 700 g/mol. The van der Waals surface area contributed by atoms with Crippen LogP contribution in [0.5, 0.6) is 11.5 Å². The number of non-ortho nitro benzene ring substituents is 2. The molecule has 16 heteroatoms. The maximum absolute atomic E-state index is 12.4. The highest BCUT2D eigenvalue weighted by Crippen LogP contribution is 2.18. The molecule has 2 N–H and O–H groups in total. The smallest absolute Gasteiger partial charge is 0.343 e. The molecule has 0 heterocycles. The molecule has 4 aromatic carbocycles. The molecule has 0 spiro atoms. The van der Waals surface area contributed by atoms with Gasteiger partial charge >= 0.3 is 11.9 Å². The molecule has 278 valence electrons. The molecule has 0 unspecified atom stereocenters. The number of unbranched alkanes of at least 4 members (excludes halogenated alkanes) is 5. The van der Waals surface area contributed by atoms with E-state index >= 15 is 0 Å². The van der Waals surface area contributed by atoms with Crippen molar-refractivity contribution in [3.8, 4) is 11.5 Å². The number of carbonyl (C=O) groups is 4. The highest BCUT2D eigenvalue weighted by molar-refractivity contribution is 5.92. The Hall–Kier alpha value is -7.10. The van der Waals surface area contributed by atoms with Crippen LogP contribution in [0.25, 0.3) is 0 Å². The zero-order valence-electron chi connectivity index (χ0n) is 28.9. The Kier molecular flexibility index (Phi) is 15.2. The maximum Gasteiger partial charge on any atom is 0.343 e. The minimum atomic E-state index is -0.673. The number of hydrogen-bond acceptors (Lipinski definition) is 12. The van der Waals surface area contributed by atoms with E-state index in [0.29, 0.717) is 36.8 Å². The maximum atomic E-state index is 12.4. The lowest BCUT2D eigenvalue weighted by Gasteiger charge is -2.05. The number of nitrogens with one attached hydrogen (secondary N) is 2. The van der Waals surface area contributed by atoms with Gasteiger partial charge in [-0.3, -0.25) is 29.8 Å². The first-order valence-corrected chi connectivity index (χ1v) is 16.8. The molecule has 0 atom stereocenters. The summed E-state index contributed by atoms with van der Waals surface area (Å²) in [6.07, 6.45) is 8.33. The molecule has 0 fully saturated rings. The Labute approximate surface area is 309 Å². The van der Waals surface area contributed by atoms with E-state index in [1.807, 2.05) is 0 Å². The SMILES string of the molecule is O=C(CCCCCCCCC(=O)NN=Cc1cccc(OC(=O)c2ccc([N+](=O)[O-])cc2)c1)NN=Cc1cccc(OC(=O)c2ccc([N+](=O)[O-])cc2)c1. The van der Waals surface area contributed by atoms with Gasteiger partial charge in [-0.25, -0.2) is 20.4 Å². The topological polar surface area (TPSA) is 222 Å². The lowest BCUT2D eigenvalue weighted by molar-refractivity contribution is -0.385. The predicted molar refractivity (Wildman–Crippen MR) is 197 cm³/mol. The molecule has 0 aliphatic rings. The van der Waals surface area contributed by atoms with Crippen LogP contribution in [0.2, 0.25) is 0 Å². The number of amides is 2. The van der Waals surface area contributed by atoms with Gasteiger partial charge in [-0.15, -0.1) is 0 Å². The zero-order valence-corrected chi connectivity index (χ0v) is 28.9. The van der Waals surface area contributed by atoms with Crippen molar-refractivity contribution >= 4 is 47.6 Å². The molecule has 0 saturated heterocycles. The monoisotopic (exact) mass is 736 g/mol. The Morgan fingerprint density at radius 2 is 0.926 bits per heavy atom. The average molecular weight is 737 g/mol. The van der Waals surface area contributed by atoms with E-state index in [9.17, 15) is 39.4 Å². The van der Waals surface area contributed by atoms with Crippen LogP contribution in [0.1, 0.15) is 83.2 Å². The number of nitro benzene ring substituents is 2. The first kappa shape index (κ1) is 39.7. The molecule has 0 saturated carbocycles. The highest BCUT2D eigenvalue weighted by Gasteiger charge is 2.13. The third kappa shape index (κ3) is 13.6. The van der Waals surface area contributed by atoms with Crippen molar-refractivity contribution in [1.82, 2.24) is 10.9 Å². The van der Waals surface area contributed by atoms with Crippen LogP contribution in [0.4, 0.5) is 11.4 Å². The van der Waals surface area contributed by atoms with Crippen LogP contribution >= 0.6 is 0 Å². The fourth-order valence-corrected chi connectivity index (χ4v) is 4.83. The van der Waals surface area contributed by atoms with Gasteiger partial charge in [0, 0.05) is 37.1 Å². The number of hydrogen-bond donors (Lipinski definition) is 2. The molecule has 0 aliphatic heterocycles. The molecule has 0 aliphatic carbocycles. The van der Waals surface area contributed by atoms with Gasteiger partial charge in [-0.2, -0.15) is 10.2 Å². The first-order valence-electron chi connectivity index (χ1n) is 16.8. The van der Waals surface area contributed by atoms with E-state index in [0.717, 1.165) is 25.7 Å². The van der Waals surface area contributed by atoms with Crippen molar-refractivity contribution in [3.05, 3.63) is 140 Å². The number of carbonyl (C=O) groups excluding carboxylic acids is 4. The third-order valence-corrected chi connectivity index (χ3v) is 7.63. The summed E-state index contributed by atoms with van der Waals surface area (Å²) < 4.78 is 10.7. The first-order chi connectivity index (χ1) is 26.1. The van der Waals surface area contributed by atoms with Gasteiger partial charge in [0.15, 0.2) is 0 Å². The van der Waals surface area contributed by atoms with Crippen molar-refractivity contribution in [2.75, 3.05) is 0 Å². The van der Waals surface area contributed by atoms with Crippen LogP contribution in [0, 0.1) is 20.2 Å². The number of esters is 2. The quantitative estimate of drug-likeness (QED) is 0.0260. The number of hydrazone groups is 2. The number of ether oxygens (including phenoxy) is 2. The second-order valence-electron chi connectivity index (χ2n) is 11.7. The summed E-state index contributed by atoms with van der Waals surface area (Å²) in [5, 5.41) is 29.5.